The van der Waals surface area contributed by atoms with Crippen LogP contribution in [0.3, 0.4) is 0 Å². The van der Waals surface area contributed by atoms with Crippen molar-refractivity contribution in [1.82, 2.24) is 0 Å². The van der Waals surface area contributed by atoms with Crippen LogP contribution in [0.5, 0.6) is 0 Å². The number of benzene rings is 1. The van der Waals surface area contributed by atoms with E-state index in [1.807, 2.05) is 0 Å². The molecule has 1 aromatic carbocycles. The lowest BCUT2D eigenvalue weighted by molar-refractivity contribution is 1.13. The summed E-state index contributed by atoms with van der Waals surface area (Å²) in [5, 5.41) is 0. The van der Waals surface area contributed by atoms with Crippen LogP contribution >= 0.6 is 39.9 Å². The van der Waals surface area contributed by atoms with Gasteiger partial charge in [-0.15, -0.1) is 24.0 Å². The lowest BCUT2D eigenvalue weighted by atomic mass is 10.1. The van der Waals surface area contributed by atoms with Crippen LogP contribution in [0.15, 0.2) is 28.7 Å². The Bertz CT molecular complexity index is 243. The van der Waals surface area contributed by atoms with Gasteiger partial charge in [0.25, 0.3) is 0 Å². The summed E-state index contributed by atoms with van der Waals surface area (Å²) in [5.41, 5.74) is 1.49. The Kier molecular flexibility index (Phi) is 3.37. The molecule has 2 rings (SSSR count). The second kappa shape index (κ2) is 3.90. The summed E-state index contributed by atoms with van der Waals surface area (Å²) in [4.78, 5) is 0. The van der Waals surface area contributed by atoms with Crippen molar-refractivity contribution in [2.45, 2.75) is 18.8 Å². The van der Waals surface area contributed by atoms with E-state index < -0.39 is 0 Å². The van der Waals surface area contributed by atoms with Gasteiger partial charge in [-0.3, -0.25) is 0 Å². The number of halogens is 2. The second-order valence-electron chi connectivity index (χ2n) is 2.83. The summed E-state index contributed by atoms with van der Waals surface area (Å²) in [7, 11) is 0. The largest absolute Gasteiger partial charge is 0.107 e. The van der Waals surface area contributed by atoms with Crippen LogP contribution in [-0.2, 0) is 0 Å². The second-order valence-corrected chi connectivity index (χ2v) is 3.74. The van der Waals surface area contributed by atoms with Crippen molar-refractivity contribution in [3.8, 4) is 0 Å². The Morgan fingerprint density at radius 3 is 2.55 bits per heavy atom. The fourth-order valence-electron chi connectivity index (χ4n) is 1.18. The van der Waals surface area contributed by atoms with Crippen LogP contribution in [0.2, 0.25) is 0 Å². The number of hydrogen-bond acceptors (Lipinski definition) is 0. The minimum Gasteiger partial charge on any atom is -0.107 e. The first-order valence-electron chi connectivity index (χ1n) is 3.62. The van der Waals surface area contributed by atoms with E-state index in [-0.39, 0.29) is 24.0 Å². The SMILES string of the molecule is Brc1cccc(C2CC2)c1.I. The van der Waals surface area contributed by atoms with Gasteiger partial charge in [0.1, 0.15) is 0 Å². The number of hydrogen-bond donors (Lipinski definition) is 0. The van der Waals surface area contributed by atoms with E-state index in [1.54, 1.807) is 0 Å². The quantitative estimate of drug-likeness (QED) is 0.686. The maximum absolute atomic E-state index is 3.46. The van der Waals surface area contributed by atoms with Crippen molar-refractivity contribution in [2.24, 2.45) is 0 Å². The van der Waals surface area contributed by atoms with Gasteiger partial charge in [-0.25, -0.2) is 0 Å². The molecule has 0 saturated heterocycles. The van der Waals surface area contributed by atoms with Crippen molar-refractivity contribution >= 4 is 39.9 Å². The Labute approximate surface area is 92.5 Å². The minimum atomic E-state index is 0. The molecule has 1 aliphatic carbocycles. The standard InChI is InChI=1S/C9H9Br.HI/c10-9-3-1-2-8(6-9)7-4-5-7;/h1-3,6-7H,4-5H2;1H. The third-order valence-corrected chi connectivity index (χ3v) is 2.39. The Morgan fingerprint density at radius 1 is 1.27 bits per heavy atom. The summed E-state index contributed by atoms with van der Waals surface area (Å²) >= 11 is 3.46. The van der Waals surface area contributed by atoms with Gasteiger partial charge < -0.3 is 0 Å². The Morgan fingerprint density at radius 2 is 2.00 bits per heavy atom. The van der Waals surface area contributed by atoms with Crippen molar-refractivity contribution in [2.75, 3.05) is 0 Å². The molecule has 0 aromatic heterocycles. The third kappa shape index (κ3) is 2.44. The molecule has 11 heavy (non-hydrogen) atoms. The van der Waals surface area contributed by atoms with Crippen LogP contribution in [0.25, 0.3) is 0 Å². The molecule has 0 atom stereocenters. The first kappa shape index (κ1) is 9.52. The molecule has 0 amide bonds. The minimum absolute atomic E-state index is 0. The lowest BCUT2D eigenvalue weighted by Gasteiger charge is -1.96. The van der Waals surface area contributed by atoms with E-state index in [1.165, 1.54) is 22.9 Å². The molecule has 1 saturated carbocycles. The molecular weight excluding hydrogens is 315 g/mol. The fourth-order valence-corrected chi connectivity index (χ4v) is 1.59. The van der Waals surface area contributed by atoms with Crippen molar-refractivity contribution in [3.05, 3.63) is 34.3 Å². The molecule has 0 aliphatic heterocycles. The molecule has 1 aromatic rings. The monoisotopic (exact) mass is 324 g/mol. The molecule has 0 radical (unpaired) electrons. The number of rotatable bonds is 1. The average molecular weight is 325 g/mol. The van der Waals surface area contributed by atoms with E-state index in [2.05, 4.69) is 40.2 Å². The van der Waals surface area contributed by atoms with Gasteiger partial charge in [-0.05, 0) is 36.5 Å². The van der Waals surface area contributed by atoms with Crippen LogP contribution < -0.4 is 0 Å². The van der Waals surface area contributed by atoms with E-state index in [9.17, 15) is 0 Å². The van der Waals surface area contributed by atoms with Crippen molar-refractivity contribution < 1.29 is 0 Å². The molecular formula is C9H10BrI. The van der Waals surface area contributed by atoms with Crippen molar-refractivity contribution in [1.29, 1.82) is 0 Å². The first-order valence-corrected chi connectivity index (χ1v) is 4.41. The highest BCUT2D eigenvalue weighted by molar-refractivity contribution is 14.0. The van der Waals surface area contributed by atoms with Gasteiger partial charge >= 0.3 is 0 Å². The van der Waals surface area contributed by atoms with E-state index in [0.29, 0.717) is 0 Å². The zero-order valence-corrected chi connectivity index (χ0v) is 10.0. The van der Waals surface area contributed by atoms with Crippen LogP contribution in [0, 0.1) is 0 Å². The van der Waals surface area contributed by atoms with Gasteiger partial charge in [0.2, 0.25) is 0 Å². The molecule has 1 fully saturated rings. The van der Waals surface area contributed by atoms with E-state index in [4.69, 9.17) is 0 Å². The fraction of sp³-hybridized carbons (Fsp3) is 0.333. The maximum atomic E-state index is 3.46. The smallest absolute Gasteiger partial charge is 0.0178 e. The van der Waals surface area contributed by atoms with Crippen LogP contribution in [0.1, 0.15) is 24.3 Å². The van der Waals surface area contributed by atoms with Crippen molar-refractivity contribution in [3.63, 3.8) is 0 Å². The molecule has 0 heterocycles. The zero-order valence-electron chi connectivity index (χ0n) is 6.09. The summed E-state index contributed by atoms with van der Waals surface area (Å²) in [6.45, 7) is 0. The van der Waals surface area contributed by atoms with Crippen LogP contribution in [0.4, 0.5) is 0 Å². The molecule has 60 valence electrons. The first-order chi connectivity index (χ1) is 4.86. The van der Waals surface area contributed by atoms with Gasteiger partial charge in [-0.1, -0.05) is 28.1 Å². The van der Waals surface area contributed by atoms with Gasteiger partial charge in [0, 0.05) is 4.47 Å². The lowest BCUT2D eigenvalue weighted by Crippen LogP contribution is -1.76. The summed E-state index contributed by atoms with van der Waals surface area (Å²) in [6, 6.07) is 8.61. The van der Waals surface area contributed by atoms with Crippen LogP contribution in [-0.4, -0.2) is 0 Å². The Hall–Kier alpha value is 0.430. The van der Waals surface area contributed by atoms with E-state index in [0.717, 1.165) is 5.92 Å². The highest BCUT2D eigenvalue weighted by atomic mass is 127. The predicted molar refractivity (Wildman–Crippen MR) is 61.5 cm³/mol. The highest BCUT2D eigenvalue weighted by Crippen LogP contribution is 2.40. The molecule has 2 heteroatoms. The highest BCUT2D eigenvalue weighted by Gasteiger charge is 2.22. The van der Waals surface area contributed by atoms with Gasteiger partial charge in [-0.2, -0.15) is 0 Å². The van der Waals surface area contributed by atoms with E-state index >= 15 is 0 Å². The van der Waals surface area contributed by atoms with Gasteiger partial charge in [0.05, 0.1) is 0 Å². The van der Waals surface area contributed by atoms with Gasteiger partial charge in [0.15, 0.2) is 0 Å². The normalized spacial score (nSPS) is 15.7. The molecule has 0 nitrogen and oxygen atoms in total. The molecule has 0 N–H and O–H groups in total. The zero-order chi connectivity index (χ0) is 6.97. The predicted octanol–water partition coefficient (Wildman–Crippen LogP) is 3.94. The molecule has 0 spiro atoms. The average Bonchev–Trinajstić information content (AvgIpc) is 2.68. The molecule has 0 bridgehead atoms. The molecule has 1 aliphatic rings. The maximum Gasteiger partial charge on any atom is 0.0178 e. The topological polar surface area (TPSA) is 0 Å². The third-order valence-electron chi connectivity index (χ3n) is 1.90. The summed E-state index contributed by atoms with van der Waals surface area (Å²) < 4.78 is 1.21. The molecule has 0 unspecified atom stereocenters. The summed E-state index contributed by atoms with van der Waals surface area (Å²) in [5.74, 6) is 0.873. The summed E-state index contributed by atoms with van der Waals surface area (Å²) in [6.07, 6.45) is 2.77. The Balaban J connectivity index is 0.000000605.